The highest BCUT2D eigenvalue weighted by molar-refractivity contribution is 5.81. The number of nitrogens with one attached hydrogen (secondary N) is 1. The number of amides is 1. The number of anilines is 1. The van der Waals surface area contributed by atoms with Crippen LogP contribution in [0.2, 0.25) is 0 Å². The lowest BCUT2D eigenvalue weighted by molar-refractivity contribution is -0.121. The van der Waals surface area contributed by atoms with E-state index in [9.17, 15) is 4.79 Å². The highest BCUT2D eigenvalue weighted by atomic mass is 16.1. The molecule has 0 saturated heterocycles. The van der Waals surface area contributed by atoms with Crippen LogP contribution in [-0.4, -0.2) is 31.5 Å². The maximum Gasteiger partial charge on any atom is 0.220 e. The zero-order valence-corrected chi connectivity index (χ0v) is 13.1. The number of aryl methyl sites for hydroxylation is 1. The number of carbonyl (C=O) groups is 1. The van der Waals surface area contributed by atoms with E-state index in [1.807, 2.05) is 4.57 Å². The molecular weight excluding hydrogens is 292 g/mol. The molecule has 3 rings (SSSR count). The van der Waals surface area contributed by atoms with Crippen LogP contribution >= 0.6 is 0 Å². The molecule has 23 heavy (non-hydrogen) atoms. The Morgan fingerprint density at radius 1 is 1.30 bits per heavy atom. The number of nitrogens with zero attached hydrogens (tertiary/aromatic N) is 4. The fourth-order valence-corrected chi connectivity index (χ4v) is 2.85. The minimum atomic E-state index is 0.146. The standard InChI is InChI=1S/C16H22N6O/c17-15-14-16(19-10-18-15)22(11-20-14)9-5-4-8-13(23)21-12-6-2-1-3-7-12/h1-2,10-12H,3-9H2,(H,21,23)(H2,17,18,19). The normalized spacial score (nSPS) is 17.5. The molecule has 3 N–H and O–H groups in total. The first-order chi connectivity index (χ1) is 11.2. The summed E-state index contributed by atoms with van der Waals surface area (Å²) in [4.78, 5) is 24.3. The second-order valence-electron chi connectivity index (χ2n) is 5.88. The maximum absolute atomic E-state index is 11.9. The lowest BCUT2D eigenvalue weighted by Gasteiger charge is -2.19. The molecule has 0 saturated carbocycles. The van der Waals surface area contributed by atoms with Crippen LogP contribution in [-0.2, 0) is 11.3 Å². The molecule has 0 spiro atoms. The summed E-state index contributed by atoms with van der Waals surface area (Å²) < 4.78 is 1.96. The molecule has 0 aliphatic heterocycles. The molecule has 0 bridgehead atoms. The van der Waals surface area contributed by atoms with E-state index < -0.39 is 0 Å². The first kappa shape index (κ1) is 15.5. The van der Waals surface area contributed by atoms with Gasteiger partial charge in [0.1, 0.15) is 11.8 Å². The predicted octanol–water partition coefficient (Wildman–Crippen LogP) is 1.80. The van der Waals surface area contributed by atoms with E-state index >= 15 is 0 Å². The highest BCUT2D eigenvalue weighted by Crippen LogP contribution is 2.15. The van der Waals surface area contributed by atoms with Gasteiger partial charge in [0, 0.05) is 19.0 Å². The van der Waals surface area contributed by atoms with Gasteiger partial charge in [0.2, 0.25) is 5.91 Å². The average Bonchev–Trinajstić information content (AvgIpc) is 2.97. The number of aromatic nitrogens is 4. The fraction of sp³-hybridized carbons (Fsp3) is 0.500. The maximum atomic E-state index is 11.9. The summed E-state index contributed by atoms with van der Waals surface area (Å²) in [5.41, 5.74) is 7.15. The van der Waals surface area contributed by atoms with Gasteiger partial charge in [-0.2, -0.15) is 0 Å². The summed E-state index contributed by atoms with van der Waals surface area (Å²) in [6.45, 7) is 0.770. The van der Waals surface area contributed by atoms with Gasteiger partial charge in [-0.15, -0.1) is 0 Å². The molecule has 0 radical (unpaired) electrons. The van der Waals surface area contributed by atoms with Crippen molar-refractivity contribution in [2.75, 3.05) is 5.73 Å². The van der Waals surface area contributed by atoms with Crippen molar-refractivity contribution in [3.63, 3.8) is 0 Å². The summed E-state index contributed by atoms with van der Waals surface area (Å²) in [5, 5.41) is 3.10. The molecule has 1 unspecified atom stereocenters. The van der Waals surface area contributed by atoms with E-state index in [0.29, 0.717) is 23.8 Å². The van der Waals surface area contributed by atoms with E-state index in [1.54, 1.807) is 6.33 Å². The molecular formula is C16H22N6O. The number of carbonyl (C=O) groups excluding carboxylic acids is 1. The number of unbranched alkanes of at least 4 members (excludes halogenated alkanes) is 1. The van der Waals surface area contributed by atoms with Crippen molar-refractivity contribution in [2.45, 2.75) is 51.1 Å². The molecule has 1 atom stereocenters. The van der Waals surface area contributed by atoms with Crippen LogP contribution in [0.1, 0.15) is 38.5 Å². The van der Waals surface area contributed by atoms with Gasteiger partial charge in [-0.25, -0.2) is 15.0 Å². The number of imidazole rings is 1. The summed E-state index contributed by atoms with van der Waals surface area (Å²) in [6, 6.07) is 0.310. The van der Waals surface area contributed by atoms with E-state index in [2.05, 4.69) is 32.4 Å². The molecule has 1 aliphatic carbocycles. The van der Waals surface area contributed by atoms with Gasteiger partial charge in [-0.3, -0.25) is 4.79 Å². The molecule has 2 heterocycles. The topological polar surface area (TPSA) is 98.7 Å². The molecule has 122 valence electrons. The monoisotopic (exact) mass is 314 g/mol. The van der Waals surface area contributed by atoms with Crippen molar-refractivity contribution in [2.24, 2.45) is 0 Å². The second-order valence-corrected chi connectivity index (χ2v) is 5.88. The molecule has 7 heteroatoms. The van der Waals surface area contributed by atoms with Crippen molar-refractivity contribution in [3.8, 4) is 0 Å². The van der Waals surface area contributed by atoms with Crippen LogP contribution < -0.4 is 11.1 Å². The molecule has 0 aromatic carbocycles. The summed E-state index contributed by atoms with van der Waals surface area (Å²) in [7, 11) is 0. The Bertz CT molecular complexity index is 708. The van der Waals surface area contributed by atoms with E-state index in [0.717, 1.165) is 44.3 Å². The Kier molecular flexibility index (Phi) is 4.85. The van der Waals surface area contributed by atoms with Gasteiger partial charge in [0.25, 0.3) is 0 Å². The number of nitrogen functional groups attached to an aromatic ring is 1. The van der Waals surface area contributed by atoms with Crippen molar-refractivity contribution < 1.29 is 4.79 Å². The zero-order valence-electron chi connectivity index (χ0n) is 13.1. The number of nitrogens with two attached hydrogens (primary N) is 1. The SMILES string of the molecule is Nc1ncnc2c1ncn2CCCCC(=O)NC1CC=CCC1. The minimum absolute atomic E-state index is 0.146. The quantitative estimate of drug-likeness (QED) is 0.626. The average molecular weight is 314 g/mol. The van der Waals surface area contributed by atoms with Crippen LogP contribution in [0.15, 0.2) is 24.8 Å². The first-order valence-electron chi connectivity index (χ1n) is 8.09. The summed E-state index contributed by atoms with van der Waals surface area (Å²) >= 11 is 0. The second kappa shape index (κ2) is 7.21. The van der Waals surface area contributed by atoms with Gasteiger partial charge >= 0.3 is 0 Å². The summed E-state index contributed by atoms with van der Waals surface area (Å²) in [5.74, 6) is 0.544. The predicted molar refractivity (Wildman–Crippen MR) is 88.5 cm³/mol. The van der Waals surface area contributed by atoms with Crippen molar-refractivity contribution in [1.82, 2.24) is 24.8 Å². The molecule has 2 aromatic rings. The number of hydrogen-bond acceptors (Lipinski definition) is 5. The third kappa shape index (κ3) is 3.85. The van der Waals surface area contributed by atoms with Crippen LogP contribution in [0.25, 0.3) is 11.2 Å². The Labute approximate surface area is 135 Å². The zero-order chi connectivity index (χ0) is 16.1. The molecule has 1 amide bonds. The Hall–Kier alpha value is -2.44. The first-order valence-corrected chi connectivity index (χ1v) is 8.09. The lowest BCUT2D eigenvalue weighted by Crippen LogP contribution is -2.35. The number of allylic oxidation sites excluding steroid dienone is 1. The Balaban J connectivity index is 1.43. The van der Waals surface area contributed by atoms with Gasteiger partial charge in [0.05, 0.1) is 6.33 Å². The third-order valence-electron chi connectivity index (χ3n) is 4.12. The molecule has 1 aliphatic rings. The minimum Gasteiger partial charge on any atom is -0.382 e. The van der Waals surface area contributed by atoms with E-state index in [4.69, 9.17) is 5.73 Å². The summed E-state index contributed by atoms with van der Waals surface area (Å²) in [6.07, 6.45) is 12.8. The largest absolute Gasteiger partial charge is 0.382 e. The molecule has 2 aromatic heterocycles. The van der Waals surface area contributed by atoms with Gasteiger partial charge in [0.15, 0.2) is 11.5 Å². The molecule has 7 nitrogen and oxygen atoms in total. The van der Waals surface area contributed by atoms with Crippen molar-refractivity contribution >= 4 is 22.9 Å². The number of fused-ring (bicyclic) bond motifs is 1. The van der Waals surface area contributed by atoms with Gasteiger partial charge < -0.3 is 15.6 Å². The number of hydrogen-bond donors (Lipinski definition) is 2. The highest BCUT2D eigenvalue weighted by Gasteiger charge is 2.12. The Morgan fingerprint density at radius 3 is 3.04 bits per heavy atom. The third-order valence-corrected chi connectivity index (χ3v) is 4.12. The van der Waals surface area contributed by atoms with Crippen molar-refractivity contribution in [3.05, 3.63) is 24.8 Å². The van der Waals surface area contributed by atoms with Gasteiger partial charge in [-0.05, 0) is 32.1 Å². The number of rotatable bonds is 6. The van der Waals surface area contributed by atoms with Crippen LogP contribution in [0.4, 0.5) is 5.82 Å². The van der Waals surface area contributed by atoms with E-state index in [-0.39, 0.29) is 5.91 Å². The van der Waals surface area contributed by atoms with E-state index in [1.165, 1.54) is 6.33 Å². The van der Waals surface area contributed by atoms with Crippen molar-refractivity contribution in [1.29, 1.82) is 0 Å². The van der Waals surface area contributed by atoms with Crippen LogP contribution in [0, 0.1) is 0 Å². The van der Waals surface area contributed by atoms with Crippen LogP contribution in [0.3, 0.4) is 0 Å². The fourth-order valence-electron chi connectivity index (χ4n) is 2.85. The smallest absolute Gasteiger partial charge is 0.220 e. The van der Waals surface area contributed by atoms with Gasteiger partial charge in [-0.1, -0.05) is 12.2 Å². The Morgan fingerprint density at radius 2 is 2.22 bits per heavy atom. The molecule has 0 fully saturated rings. The lowest BCUT2D eigenvalue weighted by atomic mass is 10.0. The van der Waals surface area contributed by atoms with Crippen LogP contribution in [0.5, 0.6) is 0 Å².